The summed E-state index contributed by atoms with van der Waals surface area (Å²) in [5.74, 6) is 0.635. The third-order valence-corrected chi connectivity index (χ3v) is 3.60. The van der Waals surface area contributed by atoms with Gasteiger partial charge in [-0.15, -0.1) is 5.10 Å². The van der Waals surface area contributed by atoms with Crippen molar-refractivity contribution in [3.05, 3.63) is 5.89 Å². The van der Waals surface area contributed by atoms with Crippen LogP contribution < -0.4 is 10.6 Å². The molecule has 1 fully saturated rings. The van der Waals surface area contributed by atoms with Crippen molar-refractivity contribution in [1.29, 1.82) is 0 Å². The lowest BCUT2D eigenvalue weighted by atomic mass is 10.0. The van der Waals surface area contributed by atoms with Gasteiger partial charge in [0.2, 0.25) is 5.89 Å². The quantitative estimate of drug-likeness (QED) is 0.763. The van der Waals surface area contributed by atoms with Gasteiger partial charge in [0.25, 0.3) is 0 Å². The van der Waals surface area contributed by atoms with Crippen LogP contribution in [0.2, 0.25) is 0 Å². The third-order valence-electron chi connectivity index (χ3n) is 3.60. The smallest absolute Gasteiger partial charge is 0.315 e. The SMILES string of the molecule is CCCC1(CNc2nnc(C(C)NC)o2)CC1. The van der Waals surface area contributed by atoms with E-state index in [-0.39, 0.29) is 6.04 Å². The van der Waals surface area contributed by atoms with Gasteiger partial charge >= 0.3 is 6.01 Å². The average Bonchev–Trinajstić information content (AvgIpc) is 2.93. The Morgan fingerprint density at radius 1 is 1.41 bits per heavy atom. The molecule has 96 valence electrons. The predicted molar refractivity (Wildman–Crippen MR) is 66.8 cm³/mol. The monoisotopic (exact) mass is 238 g/mol. The number of hydrogen-bond donors (Lipinski definition) is 2. The Hall–Kier alpha value is -1.10. The predicted octanol–water partition coefficient (Wildman–Crippen LogP) is 2.34. The molecule has 5 heteroatoms. The van der Waals surface area contributed by atoms with E-state index in [1.165, 1.54) is 25.7 Å². The molecule has 0 saturated heterocycles. The van der Waals surface area contributed by atoms with Crippen LogP contribution in [0, 0.1) is 5.41 Å². The van der Waals surface area contributed by atoms with E-state index in [1.54, 1.807) is 0 Å². The minimum atomic E-state index is 0.101. The summed E-state index contributed by atoms with van der Waals surface area (Å²) in [4.78, 5) is 0. The fourth-order valence-corrected chi connectivity index (χ4v) is 2.09. The fraction of sp³-hybridized carbons (Fsp3) is 0.833. The molecule has 5 nitrogen and oxygen atoms in total. The highest BCUT2D eigenvalue weighted by Crippen LogP contribution is 2.49. The van der Waals surface area contributed by atoms with Crippen molar-refractivity contribution >= 4 is 6.01 Å². The zero-order valence-electron chi connectivity index (χ0n) is 10.9. The van der Waals surface area contributed by atoms with Gasteiger partial charge in [-0.1, -0.05) is 18.4 Å². The maximum absolute atomic E-state index is 5.54. The molecule has 17 heavy (non-hydrogen) atoms. The molecule has 0 amide bonds. The van der Waals surface area contributed by atoms with Gasteiger partial charge in [0.05, 0.1) is 6.04 Å². The summed E-state index contributed by atoms with van der Waals surface area (Å²) in [5.41, 5.74) is 0.498. The minimum Gasteiger partial charge on any atom is -0.406 e. The first kappa shape index (κ1) is 12.4. The second-order valence-corrected chi connectivity index (χ2v) is 5.06. The maximum Gasteiger partial charge on any atom is 0.315 e. The molecule has 0 spiro atoms. The van der Waals surface area contributed by atoms with Crippen LogP contribution in [0.15, 0.2) is 4.42 Å². The lowest BCUT2D eigenvalue weighted by Gasteiger charge is -2.13. The topological polar surface area (TPSA) is 63.0 Å². The molecule has 1 aliphatic carbocycles. The number of aromatic nitrogens is 2. The molecule has 0 radical (unpaired) electrons. The van der Waals surface area contributed by atoms with E-state index in [1.807, 2.05) is 14.0 Å². The van der Waals surface area contributed by atoms with E-state index in [9.17, 15) is 0 Å². The molecule has 1 atom stereocenters. The van der Waals surface area contributed by atoms with Crippen molar-refractivity contribution in [2.24, 2.45) is 5.41 Å². The highest BCUT2D eigenvalue weighted by Gasteiger charge is 2.41. The zero-order chi connectivity index (χ0) is 12.3. The van der Waals surface area contributed by atoms with E-state index in [0.717, 1.165) is 6.54 Å². The van der Waals surface area contributed by atoms with Crippen molar-refractivity contribution in [3.63, 3.8) is 0 Å². The van der Waals surface area contributed by atoms with E-state index < -0.39 is 0 Å². The van der Waals surface area contributed by atoms with Crippen molar-refractivity contribution in [1.82, 2.24) is 15.5 Å². The van der Waals surface area contributed by atoms with Gasteiger partial charge in [-0.25, -0.2) is 0 Å². The van der Waals surface area contributed by atoms with Crippen LogP contribution in [0.1, 0.15) is 51.5 Å². The Bertz CT molecular complexity index is 359. The Morgan fingerprint density at radius 2 is 2.18 bits per heavy atom. The van der Waals surface area contributed by atoms with Gasteiger partial charge < -0.3 is 15.1 Å². The summed E-state index contributed by atoms with van der Waals surface area (Å²) < 4.78 is 5.54. The summed E-state index contributed by atoms with van der Waals surface area (Å²) in [6.45, 7) is 5.19. The number of hydrogen-bond acceptors (Lipinski definition) is 5. The van der Waals surface area contributed by atoms with E-state index in [2.05, 4.69) is 27.8 Å². The van der Waals surface area contributed by atoms with Gasteiger partial charge in [0.15, 0.2) is 0 Å². The van der Waals surface area contributed by atoms with E-state index in [0.29, 0.717) is 17.3 Å². The molecule has 0 bridgehead atoms. The standard InChI is InChI=1S/C12H22N4O/c1-4-5-12(6-7-12)8-14-11-16-15-10(17-11)9(2)13-3/h9,13H,4-8H2,1-3H3,(H,14,16). The van der Waals surface area contributed by atoms with Crippen LogP contribution in [0.3, 0.4) is 0 Å². The second kappa shape index (κ2) is 5.04. The van der Waals surface area contributed by atoms with Crippen molar-refractivity contribution in [2.75, 3.05) is 18.9 Å². The molecule has 2 rings (SSSR count). The molecule has 1 saturated carbocycles. The maximum atomic E-state index is 5.54. The second-order valence-electron chi connectivity index (χ2n) is 5.06. The normalized spacial score (nSPS) is 19.0. The lowest BCUT2D eigenvalue weighted by Crippen LogP contribution is -2.15. The zero-order valence-corrected chi connectivity index (χ0v) is 10.9. The Balaban J connectivity index is 1.85. The van der Waals surface area contributed by atoms with Gasteiger partial charge in [0, 0.05) is 6.54 Å². The third kappa shape index (κ3) is 2.97. The lowest BCUT2D eigenvalue weighted by molar-refractivity contribution is 0.431. The highest BCUT2D eigenvalue weighted by atomic mass is 16.4. The van der Waals surface area contributed by atoms with Crippen LogP contribution in [0.25, 0.3) is 0 Å². The molecule has 2 N–H and O–H groups in total. The van der Waals surface area contributed by atoms with Crippen molar-refractivity contribution < 1.29 is 4.42 Å². The van der Waals surface area contributed by atoms with Gasteiger partial charge in [-0.05, 0) is 38.6 Å². The van der Waals surface area contributed by atoms with E-state index in [4.69, 9.17) is 4.42 Å². The summed E-state index contributed by atoms with van der Waals surface area (Å²) in [6, 6.07) is 0.646. The molecule has 1 aliphatic rings. The average molecular weight is 238 g/mol. The van der Waals surface area contributed by atoms with Crippen LogP contribution in [0.4, 0.5) is 6.01 Å². The summed E-state index contributed by atoms with van der Waals surface area (Å²) in [7, 11) is 1.88. The van der Waals surface area contributed by atoms with Crippen LogP contribution >= 0.6 is 0 Å². The van der Waals surface area contributed by atoms with Crippen molar-refractivity contribution in [2.45, 2.75) is 45.6 Å². The summed E-state index contributed by atoms with van der Waals surface area (Å²) in [5, 5.41) is 14.4. The number of anilines is 1. The first-order chi connectivity index (χ1) is 8.19. The first-order valence-corrected chi connectivity index (χ1v) is 6.44. The van der Waals surface area contributed by atoms with Crippen LogP contribution in [-0.2, 0) is 0 Å². The number of nitrogens with one attached hydrogen (secondary N) is 2. The Kier molecular flexibility index (Phi) is 3.66. The molecule has 1 unspecified atom stereocenters. The van der Waals surface area contributed by atoms with Gasteiger partial charge in [0.1, 0.15) is 0 Å². The molecule has 0 aliphatic heterocycles. The largest absolute Gasteiger partial charge is 0.406 e. The van der Waals surface area contributed by atoms with Crippen molar-refractivity contribution in [3.8, 4) is 0 Å². The van der Waals surface area contributed by atoms with Gasteiger partial charge in [-0.2, -0.15) is 0 Å². The summed E-state index contributed by atoms with van der Waals surface area (Å²) >= 11 is 0. The number of rotatable bonds is 7. The fourth-order valence-electron chi connectivity index (χ4n) is 2.09. The molecule has 0 aromatic carbocycles. The molecule has 1 heterocycles. The van der Waals surface area contributed by atoms with Gasteiger partial charge in [-0.3, -0.25) is 0 Å². The Labute approximate surface area is 102 Å². The van der Waals surface area contributed by atoms with E-state index >= 15 is 0 Å². The Morgan fingerprint density at radius 3 is 2.76 bits per heavy atom. The van der Waals surface area contributed by atoms with Crippen LogP contribution in [-0.4, -0.2) is 23.8 Å². The molecular formula is C12H22N4O. The molecule has 1 aromatic rings. The van der Waals surface area contributed by atoms with Crippen LogP contribution in [0.5, 0.6) is 0 Å². The number of nitrogens with zero attached hydrogens (tertiary/aromatic N) is 2. The first-order valence-electron chi connectivity index (χ1n) is 6.44. The summed E-state index contributed by atoms with van der Waals surface area (Å²) in [6.07, 6.45) is 5.17. The minimum absolute atomic E-state index is 0.101. The molecular weight excluding hydrogens is 216 g/mol. The molecule has 1 aromatic heterocycles. The highest BCUT2D eigenvalue weighted by molar-refractivity contribution is 5.20.